The number of carbonyl (C=O) groups is 2. The van der Waals surface area contributed by atoms with Gasteiger partial charge in [-0.3, -0.25) is 9.59 Å². The van der Waals surface area contributed by atoms with Crippen LogP contribution < -0.4 is 4.74 Å². The summed E-state index contributed by atoms with van der Waals surface area (Å²) in [6.45, 7) is 3.23. The van der Waals surface area contributed by atoms with Gasteiger partial charge in [0.1, 0.15) is 18.2 Å². The third-order valence-electron chi connectivity index (χ3n) is 6.11. The van der Waals surface area contributed by atoms with Crippen LogP contribution in [0, 0.1) is 11.7 Å². The molecule has 1 atom stereocenters. The van der Waals surface area contributed by atoms with Crippen LogP contribution in [0.2, 0.25) is 5.02 Å². The maximum atomic E-state index is 13.2. The van der Waals surface area contributed by atoms with Gasteiger partial charge in [0.15, 0.2) is 5.92 Å². The van der Waals surface area contributed by atoms with E-state index in [2.05, 4.69) is 4.98 Å². The first-order valence-corrected chi connectivity index (χ1v) is 11.8. The van der Waals surface area contributed by atoms with E-state index in [4.69, 9.17) is 25.8 Å². The number of ether oxygens (including phenoxy) is 3. The fourth-order valence-corrected chi connectivity index (χ4v) is 4.72. The molecule has 0 bridgehead atoms. The number of cyclic esters (lactones) is 2. The highest BCUT2D eigenvalue weighted by molar-refractivity contribution is 6.32. The van der Waals surface area contributed by atoms with E-state index in [1.54, 1.807) is 36.5 Å². The van der Waals surface area contributed by atoms with E-state index in [9.17, 15) is 14.0 Å². The van der Waals surface area contributed by atoms with Gasteiger partial charge in [-0.1, -0.05) is 48.0 Å². The molecule has 5 rings (SSSR count). The maximum Gasteiger partial charge on any atom is 0.324 e. The monoisotopic (exact) mass is 507 g/mol. The molecule has 0 aliphatic carbocycles. The van der Waals surface area contributed by atoms with E-state index in [1.807, 2.05) is 24.3 Å². The van der Waals surface area contributed by atoms with Crippen molar-refractivity contribution in [3.05, 3.63) is 100 Å². The molecule has 1 aliphatic rings. The molecule has 36 heavy (non-hydrogen) atoms. The lowest BCUT2D eigenvalue weighted by Crippen LogP contribution is -2.48. The van der Waals surface area contributed by atoms with E-state index in [1.165, 1.54) is 26.0 Å². The summed E-state index contributed by atoms with van der Waals surface area (Å²) in [5.74, 6) is -4.53. The average molecular weight is 508 g/mol. The molecule has 1 fully saturated rings. The molecule has 0 amide bonds. The summed E-state index contributed by atoms with van der Waals surface area (Å²) >= 11 is 6.58. The van der Waals surface area contributed by atoms with Crippen LogP contribution >= 0.6 is 11.6 Å². The number of aromatic nitrogens is 1. The molecule has 0 spiro atoms. The first-order chi connectivity index (χ1) is 17.2. The molecule has 2 heterocycles. The minimum Gasteiger partial charge on any atom is -0.487 e. The lowest BCUT2D eigenvalue weighted by molar-refractivity contribution is -0.240. The number of esters is 2. The number of hydrogen-bond donors (Lipinski definition) is 1. The summed E-state index contributed by atoms with van der Waals surface area (Å²) in [7, 11) is 0. The summed E-state index contributed by atoms with van der Waals surface area (Å²) in [6.07, 6.45) is 1.78. The largest absolute Gasteiger partial charge is 0.487 e. The Kier molecular flexibility index (Phi) is 6.18. The molecule has 1 N–H and O–H groups in total. The molecule has 1 aliphatic heterocycles. The van der Waals surface area contributed by atoms with Gasteiger partial charge in [0, 0.05) is 36.9 Å². The Morgan fingerprint density at radius 2 is 1.72 bits per heavy atom. The van der Waals surface area contributed by atoms with Crippen LogP contribution in [0.3, 0.4) is 0 Å². The number of H-pyrrole nitrogens is 1. The SMILES string of the molecule is CC1(C)OC(=O)C([C@@H](c2ccc(OCc3ccc(F)cc3)c(Cl)c2)c2c[nH]c3ccccc23)C(=O)O1. The highest BCUT2D eigenvalue weighted by Gasteiger charge is 2.48. The molecule has 0 saturated carbocycles. The van der Waals surface area contributed by atoms with E-state index >= 15 is 0 Å². The van der Waals surface area contributed by atoms with Crippen LogP contribution in [0.5, 0.6) is 5.75 Å². The quantitative estimate of drug-likeness (QED) is 0.251. The van der Waals surface area contributed by atoms with Crippen molar-refractivity contribution < 1.29 is 28.2 Å². The average Bonchev–Trinajstić information content (AvgIpc) is 3.25. The summed E-state index contributed by atoms with van der Waals surface area (Å²) in [5.41, 5.74) is 3.00. The van der Waals surface area contributed by atoms with Gasteiger partial charge in [0.25, 0.3) is 5.79 Å². The minimum atomic E-state index is -1.34. The van der Waals surface area contributed by atoms with Crippen molar-refractivity contribution in [2.45, 2.75) is 32.2 Å². The van der Waals surface area contributed by atoms with Gasteiger partial charge >= 0.3 is 11.9 Å². The van der Waals surface area contributed by atoms with E-state index in [0.717, 1.165) is 22.0 Å². The zero-order chi connectivity index (χ0) is 25.4. The molecule has 1 saturated heterocycles. The van der Waals surface area contributed by atoms with Gasteiger partial charge in [0.05, 0.1) is 5.02 Å². The van der Waals surface area contributed by atoms with Crippen LogP contribution in [0.15, 0.2) is 72.9 Å². The van der Waals surface area contributed by atoms with Gasteiger partial charge < -0.3 is 19.2 Å². The van der Waals surface area contributed by atoms with Gasteiger partial charge in [-0.15, -0.1) is 0 Å². The Balaban J connectivity index is 1.52. The third-order valence-corrected chi connectivity index (χ3v) is 6.41. The predicted molar refractivity (Wildman–Crippen MR) is 132 cm³/mol. The molecule has 6 nitrogen and oxygen atoms in total. The molecular weight excluding hydrogens is 485 g/mol. The maximum absolute atomic E-state index is 13.2. The van der Waals surface area contributed by atoms with Crippen molar-refractivity contribution in [3.63, 3.8) is 0 Å². The number of carbonyl (C=O) groups excluding carboxylic acids is 2. The normalized spacial score (nSPS) is 16.4. The number of para-hydroxylation sites is 1. The minimum absolute atomic E-state index is 0.196. The van der Waals surface area contributed by atoms with Crippen molar-refractivity contribution in [3.8, 4) is 5.75 Å². The second-order valence-corrected chi connectivity index (χ2v) is 9.50. The van der Waals surface area contributed by atoms with E-state index in [0.29, 0.717) is 16.3 Å². The molecule has 0 unspecified atom stereocenters. The standard InChI is InChI=1S/C28H23ClFNO5/c1-28(2)35-26(32)25(27(33)36-28)24(20-14-31-22-6-4-3-5-19(20)22)17-9-12-23(21(29)13-17)34-15-16-7-10-18(30)11-8-16/h3-14,24-25,31H,15H2,1-2H3/t24-/m0/s1. The van der Waals surface area contributed by atoms with Crippen LogP contribution in [0.4, 0.5) is 4.39 Å². The predicted octanol–water partition coefficient (Wildman–Crippen LogP) is 6.12. The number of benzene rings is 3. The Hall–Kier alpha value is -3.84. The van der Waals surface area contributed by atoms with E-state index < -0.39 is 29.6 Å². The summed E-state index contributed by atoms with van der Waals surface area (Å²) in [6, 6.07) is 18.7. The van der Waals surface area contributed by atoms with Gasteiger partial charge in [0.2, 0.25) is 0 Å². The Morgan fingerprint density at radius 1 is 1.03 bits per heavy atom. The molecule has 0 radical (unpaired) electrons. The van der Waals surface area contributed by atoms with Crippen molar-refractivity contribution in [1.29, 1.82) is 0 Å². The van der Waals surface area contributed by atoms with Crippen molar-refractivity contribution in [2.24, 2.45) is 5.92 Å². The Morgan fingerprint density at radius 3 is 2.42 bits per heavy atom. The molecule has 8 heteroatoms. The number of nitrogens with one attached hydrogen (secondary N) is 1. The highest BCUT2D eigenvalue weighted by Crippen LogP contribution is 2.42. The molecule has 4 aromatic rings. The van der Waals surface area contributed by atoms with Crippen LogP contribution in [-0.4, -0.2) is 22.7 Å². The number of hydrogen-bond acceptors (Lipinski definition) is 5. The van der Waals surface area contributed by atoms with Crippen LogP contribution in [-0.2, 0) is 25.7 Å². The zero-order valence-corrected chi connectivity index (χ0v) is 20.3. The topological polar surface area (TPSA) is 77.6 Å². The van der Waals surface area contributed by atoms with Gasteiger partial charge in [-0.05, 0) is 47.0 Å². The highest BCUT2D eigenvalue weighted by atomic mass is 35.5. The zero-order valence-electron chi connectivity index (χ0n) is 19.6. The Labute approximate surface area is 211 Å². The first-order valence-electron chi connectivity index (χ1n) is 11.4. The number of halogens is 2. The fraction of sp³-hybridized carbons (Fsp3) is 0.214. The van der Waals surface area contributed by atoms with Crippen LogP contribution in [0.1, 0.15) is 36.5 Å². The lowest BCUT2D eigenvalue weighted by Gasteiger charge is -2.36. The van der Waals surface area contributed by atoms with Crippen molar-refractivity contribution >= 4 is 34.4 Å². The molecule has 184 valence electrons. The van der Waals surface area contributed by atoms with Gasteiger partial charge in [-0.25, -0.2) is 4.39 Å². The number of fused-ring (bicyclic) bond motifs is 1. The second-order valence-electron chi connectivity index (χ2n) is 9.09. The van der Waals surface area contributed by atoms with Crippen molar-refractivity contribution in [1.82, 2.24) is 4.98 Å². The molecule has 1 aromatic heterocycles. The first kappa shape index (κ1) is 23.9. The van der Waals surface area contributed by atoms with Crippen molar-refractivity contribution in [2.75, 3.05) is 0 Å². The van der Waals surface area contributed by atoms with Crippen LogP contribution in [0.25, 0.3) is 10.9 Å². The number of rotatable bonds is 6. The summed E-state index contributed by atoms with van der Waals surface area (Å²) in [4.78, 5) is 29.4. The third kappa shape index (κ3) is 4.66. The Bertz CT molecular complexity index is 1430. The summed E-state index contributed by atoms with van der Waals surface area (Å²) in [5, 5.41) is 1.16. The lowest BCUT2D eigenvalue weighted by atomic mass is 9.80. The smallest absolute Gasteiger partial charge is 0.324 e. The summed E-state index contributed by atoms with van der Waals surface area (Å²) < 4.78 is 29.9. The number of aromatic amines is 1. The van der Waals surface area contributed by atoms with Gasteiger partial charge in [-0.2, -0.15) is 0 Å². The van der Waals surface area contributed by atoms with E-state index in [-0.39, 0.29) is 12.4 Å². The fourth-order valence-electron chi connectivity index (χ4n) is 4.47. The second kappa shape index (κ2) is 9.32. The molecule has 3 aromatic carbocycles. The molecular formula is C28H23ClFNO5.